The van der Waals surface area contributed by atoms with Crippen LogP contribution >= 0.6 is 0 Å². The number of nitrogens with zero attached hydrogens (tertiary/aromatic N) is 2. The molecule has 13 aromatic carbocycles. The van der Waals surface area contributed by atoms with Crippen LogP contribution in [0.25, 0.3) is 142 Å². The number of aromatic nitrogens is 2. The Bertz CT molecular complexity index is 4520. The molecule has 314 valence electrons. The van der Waals surface area contributed by atoms with Crippen molar-refractivity contribution in [3.8, 4) is 33.6 Å². The second-order valence-corrected chi connectivity index (χ2v) is 19.4. The largest absolute Gasteiger partial charge is 0.310 e. The average molecular weight is 869 g/mol. The van der Waals surface area contributed by atoms with Crippen molar-refractivity contribution >= 4 is 131 Å². The van der Waals surface area contributed by atoms with Gasteiger partial charge in [0.25, 0.3) is 6.71 Å². The summed E-state index contributed by atoms with van der Waals surface area (Å²) in [7, 11) is 0. The third-order valence-electron chi connectivity index (χ3n) is 16.2. The molecule has 0 fully saturated rings. The van der Waals surface area contributed by atoms with E-state index in [1.165, 1.54) is 158 Å². The van der Waals surface area contributed by atoms with Crippen LogP contribution in [0.5, 0.6) is 0 Å². The van der Waals surface area contributed by atoms with E-state index in [0.29, 0.717) is 0 Å². The molecule has 0 saturated carbocycles. The Morgan fingerprint density at radius 2 is 0.609 bits per heavy atom. The minimum absolute atomic E-state index is 0.0405. The van der Waals surface area contributed by atoms with Gasteiger partial charge in [-0.25, -0.2) is 0 Å². The molecule has 0 N–H and O–H groups in total. The lowest BCUT2D eigenvalue weighted by molar-refractivity contribution is 1.14. The van der Waals surface area contributed by atoms with Crippen molar-refractivity contribution in [2.75, 3.05) is 0 Å². The van der Waals surface area contributed by atoms with Gasteiger partial charge in [0.05, 0.1) is 22.1 Å². The second-order valence-electron chi connectivity index (χ2n) is 19.4. The van der Waals surface area contributed by atoms with Crippen LogP contribution in [-0.2, 0) is 0 Å². The molecule has 0 spiro atoms. The standard InChI is InChI=1S/C66H37BN2/c1-3-16-38(17-4-1)40-30-32-56-52(34-40)62-60-48-26-13-11-22-44(48)42-20-7-9-24-46(42)50(60)36-54-65(62)68(56)58-28-15-29-59-64(58)67(54)55-37-51-47-25-10-8-21-43(47)45-23-12-14-27-49(45)61(51)63-53-35-41(39-18-5-2-6-19-39)31-33-57(53)69(59)66(55)63/h1-37H. The molecule has 3 heteroatoms. The molecule has 0 amide bonds. The molecule has 0 bridgehead atoms. The Hall–Kier alpha value is -8.92. The number of hydrogen-bond acceptors (Lipinski definition) is 0. The maximum Gasteiger partial charge on any atom is 0.252 e. The van der Waals surface area contributed by atoms with Crippen molar-refractivity contribution < 1.29 is 0 Å². The fourth-order valence-electron chi connectivity index (χ4n) is 13.5. The monoisotopic (exact) mass is 868 g/mol. The lowest BCUT2D eigenvalue weighted by Crippen LogP contribution is -2.59. The van der Waals surface area contributed by atoms with E-state index in [0.717, 1.165) is 0 Å². The van der Waals surface area contributed by atoms with E-state index in [1.807, 2.05) is 0 Å². The molecule has 0 radical (unpaired) electrons. The van der Waals surface area contributed by atoms with Crippen molar-refractivity contribution in [3.05, 3.63) is 224 Å². The van der Waals surface area contributed by atoms with Gasteiger partial charge in [0.1, 0.15) is 0 Å². The minimum atomic E-state index is -0.0405. The maximum absolute atomic E-state index is 2.64. The number of fused-ring (bicyclic) bond motifs is 24. The van der Waals surface area contributed by atoms with E-state index < -0.39 is 0 Å². The van der Waals surface area contributed by atoms with Gasteiger partial charge in [-0.2, -0.15) is 0 Å². The molecular formula is C66H37BN2. The Morgan fingerprint density at radius 3 is 1.03 bits per heavy atom. The van der Waals surface area contributed by atoms with Crippen molar-refractivity contribution in [2.24, 2.45) is 0 Å². The first-order valence-corrected chi connectivity index (χ1v) is 24.2. The first kappa shape index (κ1) is 36.2. The van der Waals surface area contributed by atoms with E-state index in [2.05, 4.69) is 234 Å². The van der Waals surface area contributed by atoms with Gasteiger partial charge in [-0.3, -0.25) is 0 Å². The molecule has 2 aromatic heterocycles. The van der Waals surface area contributed by atoms with Crippen LogP contribution in [-0.4, -0.2) is 15.8 Å². The van der Waals surface area contributed by atoms with Gasteiger partial charge >= 0.3 is 0 Å². The van der Waals surface area contributed by atoms with Crippen LogP contribution in [0.15, 0.2) is 224 Å². The van der Waals surface area contributed by atoms with E-state index in [9.17, 15) is 0 Å². The SMILES string of the molecule is c1ccc(-c2ccc3c(c2)c2c4c5ccccc5c5ccccc5c4cc4c2n3-c2cccc3c2B4c2cc4c5ccccc5c5ccccc5c4c4c5cc(-c6ccccc6)ccc5n-3c24)cc1. The summed E-state index contributed by atoms with van der Waals surface area (Å²) in [6, 6.07) is 84.9. The van der Waals surface area contributed by atoms with Gasteiger partial charge in [0.15, 0.2) is 0 Å². The molecule has 0 aliphatic carbocycles. The molecule has 2 nitrogen and oxygen atoms in total. The van der Waals surface area contributed by atoms with E-state index in [1.54, 1.807) is 0 Å². The average Bonchev–Trinajstić information content (AvgIpc) is 3.95. The summed E-state index contributed by atoms with van der Waals surface area (Å²) < 4.78 is 5.28. The quantitative estimate of drug-likeness (QED) is 0.121. The van der Waals surface area contributed by atoms with Crippen LogP contribution < -0.4 is 16.4 Å². The highest BCUT2D eigenvalue weighted by Crippen LogP contribution is 2.48. The van der Waals surface area contributed by atoms with E-state index in [4.69, 9.17) is 0 Å². The third kappa shape index (κ3) is 4.49. The van der Waals surface area contributed by atoms with Gasteiger partial charge in [-0.15, -0.1) is 0 Å². The molecule has 17 rings (SSSR count). The summed E-state index contributed by atoms with van der Waals surface area (Å²) in [5.41, 5.74) is 16.6. The summed E-state index contributed by atoms with van der Waals surface area (Å²) in [4.78, 5) is 0. The summed E-state index contributed by atoms with van der Waals surface area (Å²) in [5.74, 6) is 0. The van der Waals surface area contributed by atoms with Crippen LogP contribution in [0.4, 0.5) is 0 Å². The zero-order valence-electron chi connectivity index (χ0n) is 37.3. The number of benzene rings is 13. The van der Waals surface area contributed by atoms with Crippen LogP contribution in [0, 0.1) is 0 Å². The van der Waals surface area contributed by atoms with E-state index >= 15 is 0 Å². The van der Waals surface area contributed by atoms with Gasteiger partial charge < -0.3 is 9.13 Å². The van der Waals surface area contributed by atoms with E-state index in [-0.39, 0.29) is 6.71 Å². The molecule has 4 heterocycles. The molecule has 69 heavy (non-hydrogen) atoms. The number of hydrogen-bond donors (Lipinski definition) is 0. The molecule has 0 saturated heterocycles. The Kier molecular flexibility index (Phi) is 6.80. The minimum Gasteiger partial charge on any atom is -0.310 e. The lowest BCUT2D eigenvalue weighted by Gasteiger charge is -2.34. The Morgan fingerprint density at radius 1 is 0.246 bits per heavy atom. The number of rotatable bonds is 2. The van der Waals surface area contributed by atoms with Crippen molar-refractivity contribution in [2.45, 2.75) is 0 Å². The highest BCUT2D eigenvalue weighted by molar-refractivity contribution is 7.00. The zero-order chi connectivity index (χ0) is 44.6. The summed E-state index contributed by atoms with van der Waals surface area (Å²) >= 11 is 0. The van der Waals surface area contributed by atoms with Crippen LogP contribution in [0.1, 0.15) is 0 Å². The maximum atomic E-state index is 2.64. The highest BCUT2D eigenvalue weighted by Gasteiger charge is 2.42. The van der Waals surface area contributed by atoms with Gasteiger partial charge in [0, 0.05) is 43.7 Å². The molecular weight excluding hydrogens is 832 g/mol. The smallest absolute Gasteiger partial charge is 0.252 e. The predicted molar refractivity (Wildman–Crippen MR) is 296 cm³/mol. The van der Waals surface area contributed by atoms with Crippen molar-refractivity contribution in [1.29, 1.82) is 0 Å². The lowest BCUT2D eigenvalue weighted by atomic mass is 9.34. The summed E-state index contributed by atoms with van der Waals surface area (Å²) in [6.45, 7) is -0.0405. The van der Waals surface area contributed by atoms with Crippen LogP contribution in [0.2, 0.25) is 0 Å². The highest BCUT2D eigenvalue weighted by atomic mass is 15.0. The Balaban J connectivity index is 1.12. The van der Waals surface area contributed by atoms with Crippen molar-refractivity contribution in [1.82, 2.24) is 9.13 Å². The third-order valence-corrected chi connectivity index (χ3v) is 16.2. The van der Waals surface area contributed by atoms with Crippen LogP contribution in [0.3, 0.4) is 0 Å². The van der Waals surface area contributed by atoms with Gasteiger partial charge in [-0.1, -0.05) is 188 Å². The molecule has 2 aliphatic heterocycles. The fourth-order valence-corrected chi connectivity index (χ4v) is 13.5. The summed E-state index contributed by atoms with van der Waals surface area (Å²) in [5, 5.41) is 20.9. The summed E-state index contributed by atoms with van der Waals surface area (Å²) in [6.07, 6.45) is 0. The molecule has 15 aromatic rings. The zero-order valence-corrected chi connectivity index (χ0v) is 37.3. The predicted octanol–water partition coefficient (Wildman–Crippen LogP) is 15.3. The topological polar surface area (TPSA) is 9.86 Å². The first-order chi connectivity index (χ1) is 34.3. The molecule has 0 unspecified atom stereocenters. The van der Waals surface area contributed by atoms with Gasteiger partial charge in [-0.05, 0) is 129 Å². The molecule has 0 atom stereocenters. The Labute approximate surface area is 396 Å². The first-order valence-electron chi connectivity index (χ1n) is 24.2. The second kappa shape index (κ2) is 12.9. The molecule has 2 aliphatic rings. The van der Waals surface area contributed by atoms with Crippen molar-refractivity contribution in [3.63, 3.8) is 0 Å². The normalized spacial score (nSPS) is 12.9. The van der Waals surface area contributed by atoms with Gasteiger partial charge in [0.2, 0.25) is 0 Å². The fraction of sp³-hybridized carbons (Fsp3) is 0.